The lowest BCUT2D eigenvalue weighted by Crippen LogP contribution is -2.46. The molecule has 2 N–H and O–H groups in total. The van der Waals surface area contributed by atoms with Crippen LogP contribution in [0.25, 0.3) is 0 Å². The molecule has 5 nitrogen and oxygen atoms in total. The summed E-state index contributed by atoms with van der Waals surface area (Å²) in [6.45, 7) is 5.47. The Morgan fingerprint density at radius 3 is 2.40 bits per heavy atom. The molecule has 0 amide bonds. The van der Waals surface area contributed by atoms with Crippen LogP contribution in [0.1, 0.15) is 33.6 Å². The maximum absolute atomic E-state index is 11.4. The van der Waals surface area contributed by atoms with E-state index in [1.807, 2.05) is 6.92 Å². The molecule has 0 saturated carbocycles. The second kappa shape index (κ2) is 7.23. The van der Waals surface area contributed by atoms with Gasteiger partial charge in [0.2, 0.25) is 0 Å². The first kappa shape index (κ1) is 13.9. The number of carboxylic acids is 1. The van der Waals surface area contributed by atoms with Crippen LogP contribution in [0.3, 0.4) is 0 Å². The van der Waals surface area contributed by atoms with Crippen molar-refractivity contribution in [3.63, 3.8) is 0 Å². The molecule has 0 heterocycles. The Bertz CT molecular complexity index is 217. The molecule has 0 aliphatic rings. The number of esters is 1. The van der Waals surface area contributed by atoms with Crippen molar-refractivity contribution < 1.29 is 19.4 Å². The molecular weight excluding hydrogens is 198 g/mol. The van der Waals surface area contributed by atoms with E-state index in [9.17, 15) is 9.59 Å². The van der Waals surface area contributed by atoms with Crippen molar-refractivity contribution >= 4 is 11.9 Å². The Labute approximate surface area is 89.8 Å². The molecule has 0 aromatic heterocycles. The SMILES string of the molecule is CCCC(NC(C)C(=O)O)C(=O)OCC. The average molecular weight is 217 g/mol. The molecule has 88 valence electrons. The van der Waals surface area contributed by atoms with Crippen LogP contribution in [0.4, 0.5) is 0 Å². The number of carbonyl (C=O) groups excluding carboxylic acids is 1. The topological polar surface area (TPSA) is 75.6 Å². The largest absolute Gasteiger partial charge is 0.480 e. The highest BCUT2D eigenvalue weighted by Crippen LogP contribution is 2.01. The van der Waals surface area contributed by atoms with Gasteiger partial charge in [-0.2, -0.15) is 0 Å². The van der Waals surface area contributed by atoms with E-state index in [1.54, 1.807) is 6.92 Å². The zero-order valence-corrected chi connectivity index (χ0v) is 9.45. The van der Waals surface area contributed by atoms with Crippen LogP contribution in [0, 0.1) is 0 Å². The summed E-state index contributed by atoms with van der Waals surface area (Å²) in [5.74, 6) is -1.35. The number of ether oxygens (including phenoxy) is 1. The third-order valence-corrected chi connectivity index (χ3v) is 1.97. The number of rotatable bonds is 7. The van der Waals surface area contributed by atoms with Crippen LogP contribution in [0.15, 0.2) is 0 Å². The van der Waals surface area contributed by atoms with Gasteiger partial charge in [0, 0.05) is 0 Å². The molecule has 5 heteroatoms. The summed E-state index contributed by atoms with van der Waals surface area (Å²) < 4.78 is 4.84. The Hall–Kier alpha value is -1.10. The molecule has 0 aromatic rings. The number of aliphatic carboxylic acids is 1. The molecule has 0 fully saturated rings. The first-order valence-corrected chi connectivity index (χ1v) is 5.18. The number of hydrogen-bond donors (Lipinski definition) is 2. The van der Waals surface area contributed by atoms with Crippen LogP contribution in [0.2, 0.25) is 0 Å². The lowest BCUT2D eigenvalue weighted by molar-refractivity contribution is -0.147. The third-order valence-electron chi connectivity index (χ3n) is 1.97. The monoisotopic (exact) mass is 217 g/mol. The van der Waals surface area contributed by atoms with Gasteiger partial charge in [-0.3, -0.25) is 14.9 Å². The van der Waals surface area contributed by atoms with Crippen LogP contribution in [0.5, 0.6) is 0 Å². The lowest BCUT2D eigenvalue weighted by atomic mass is 10.1. The minimum absolute atomic E-state index is 0.308. The smallest absolute Gasteiger partial charge is 0.323 e. The van der Waals surface area contributed by atoms with Crippen molar-refractivity contribution in [2.24, 2.45) is 0 Å². The second-order valence-electron chi connectivity index (χ2n) is 3.32. The Morgan fingerprint density at radius 1 is 1.40 bits per heavy atom. The van der Waals surface area contributed by atoms with E-state index < -0.39 is 18.1 Å². The molecule has 2 atom stereocenters. The number of hydrogen-bond acceptors (Lipinski definition) is 4. The summed E-state index contributed by atoms with van der Waals surface area (Å²) >= 11 is 0. The fraction of sp³-hybridized carbons (Fsp3) is 0.800. The van der Waals surface area contributed by atoms with Crippen molar-refractivity contribution in [1.82, 2.24) is 5.32 Å². The first-order valence-electron chi connectivity index (χ1n) is 5.18. The van der Waals surface area contributed by atoms with Crippen molar-refractivity contribution in [2.75, 3.05) is 6.61 Å². The number of carboxylic acid groups (broad SMARTS) is 1. The molecule has 0 radical (unpaired) electrons. The fourth-order valence-corrected chi connectivity index (χ4v) is 1.17. The van der Waals surface area contributed by atoms with Crippen LogP contribution in [-0.2, 0) is 14.3 Å². The Morgan fingerprint density at radius 2 is 2.00 bits per heavy atom. The second-order valence-corrected chi connectivity index (χ2v) is 3.32. The summed E-state index contributed by atoms with van der Waals surface area (Å²) in [6.07, 6.45) is 1.37. The first-order chi connectivity index (χ1) is 7.02. The molecule has 0 aliphatic heterocycles. The molecule has 0 bridgehead atoms. The maximum atomic E-state index is 11.4. The standard InChI is InChI=1S/C10H19NO4/c1-4-6-8(10(14)15-5-2)11-7(3)9(12)13/h7-8,11H,4-6H2,1-3H3,(H,12,13). The van der Waals surface area contributed by atoms with Crippen molar-refractivity contribution in [1.29, 1.82) is 0 Å². The predicted molar refractivity (Wildman–Crippen MR) is 55.6 cm³/mol. The molecule has 2 unspecified atom stereocenters. The molecule has 0 aliphatic carbocycles. The zero-order chi connectivity index (χ0) is 11.8. The quantitative estimate of drug-likeness (QED) is 0.616. The highest BCUT2D eigenvalue weighted by atomic mass is 16.5. The van der Waals surface area contributed by atoms with E-state index in [0.717, 1.165) is 6.42 Å². The van der Waals surface area contributed by atoms with Gasteiger partial charge in [0.1, 0.15) is 12.1 Å². The van der Waals surface area contributed by atoms with Gasteiger partial charge < -0.3 is 9.84 Å². The summed E-state index contributed by atoms with van der Waals surface area (Å²) in [7, 11) is 0. The number of carbonyl (C=O) groups is 2. The number of nitrogens with one attached hydrogen (secondary N) is 1. The van der Waals surface area contributed by atoms with E-state index in [-0.39, 0.29) is 5.97 Å². The summed E-state index contributed by atoms with van der Waals surface area (Å²) in [4.78, 5) is 22.0. The van der Waals surface area contributed by atoms with E-state index in [0.29, 0.717) is 13.0 Å². The molecule has 0 aromatic carbocycles. The van der Waals surface area contributed by atoms with Gasteiger partial charge in [-0.05, 0) is 20.3 Å². The van der Waals surface area contributed by atoms with Crippen LogP contribution >= 0.6 is 0 Å². The summed E-state index contributed by atoms with van der Waals surface area (Å²) in [5, 5.41) is 11.4. The normalized spacial score (nSPS) is 14.3. The fourth-order valence-electron chi connectivity index (χ4n) is 1.17. The Kier molecular flexibility index (Phi) is 6.70. The minimum Gasteiger partial charge on any atom is -0.480 e. The van der Waals surface area contributed by atoms with Gasteiger partial charge in [-0.15, -0.1) is 0 Å². The molecule has 0 rings (SSSR count). The zero-order valence-electron chi connectivity index (χ0n) is 9.45. The average Bonchev–Trinajstić information content (AvgIpc) is 2.17. The van der Waals surface area contributed by atoms with Crippen LogP contribution in [-0.4, -0.2) is 35.7 Å². The van der Waals surface area contributed by atoms with Gasteiger partial charge in [-0.25, -0.2) is 0 Å². The maximum Gasteiger partial charge on any atom is 0.323 e. The molecular formula is C10H19NO4. The highest BCUT2D eigenvalue weighted by Gasteiger charge is 2.23. The van der Waals surface area contributed by atoms with E-state index in [4.69, 9.17) is 9.84 Å². The summed E-state index contributed by atoms with van der Waals surface area (Å²) in [6, 6.07) is -1.27. The van der Waals surface area contributed by atoms with Gasteiger partial charge in [0.25, 0.3) is 0 Å². The third kappa shape index (κ3) is 5.37. The predicted octanol–water partition coefficient (Wildman–Crippen LogP) is 0.781. The van der Waals surface area contributed by atoms with Crippen LogP contribution < -0.4 is 5.32 Å². The lowest BCUT2D eigenvalue weighted by Gasteiger charge is -2.18. The van der Waals surface area contributed by atoms with Crippen molar-refractivity contribution in [3.05, 3.63) is 0 Å². The van der Waals surface area contributed by atoms with E-state index >= 15 is 0 Å². The minimum atomic E-state index is -0.972. The highest BCUT2D eigenvalue weighted by molar-refractivity contribution is 5.78. The van der Waals surface area contributed by atoms with Gasteiger partial charge in [0.05, 0.1) is 6.61 Å². The van der Waals surface area contributed by atoms with E-state index in [1.165, 1.54) is 6.92 Å². The van der Waals surface area contributed by atoms with E-state index in [2.05, 4.69) is 5.32 Å². The summed E-state index contributed by atoms with van der Waals surface area (Å²) in [5.41, 5.74) is 0. The molecule has 0 spiro atoms. The molecule has 0 saturated heterocycles. The molecule has 15 heavy (non-hydrogen) atoms. The van der Waals surface area contributed by atoms with Crippen molar-refractivity contribution in [2.45, 2.75) is 45.7 Å². The van der Waals surface area contributed by atoms with Gasteiger partial charge in [0.15, 0.2) is 0 Å². The van der Waals surface area contributed by atoms with Crippen molar-refractivity contribution in [3.8, 4) is 0 Å². The Balaban J connectivity index is 4.25. The van der Waals surface area contributed by atoms with Gasteiger partial charge >= 0.3 is 11.9 Å². The van der Waals surface area contributed by atoms with Gasteiger partial charge in [-0.1, -0.05) is 13.3 Å².